The van der Waals surface area contributed by atoms with Crippen LogP contribution in [0.1, 0.15) is 5.56 Å². The Balaban J connectivity index is 2.95. The van der Waals surface area contributed by atoms with Gasteiger partial charge in [0, 0.05) is 15.6 Å². The van der Waals surface area contributed by atoms with Gasteiger partial charge >= 0.3 is 0 Å². The zero-order valence-corrected chi connectivity index (χ0v) is 8.97. The quantitative estimate of drug-likeness (QED) is 0.816. The van der Waals surface area contributed by atoms with Crippen molar-refractivity contribution in [2.75, 3.05) is 0 Å². The van der Waals surface area contributed by atoms with E-state index >= 15 is 0 Å². The van der Waals surface area contributed by atoms with Crippen molar-refractivity contribution in [1.29, 1.82) is 0 Å². The number of hydrogen-bond donors (Lipinski definition) is 1. The first-order valence-electron chi connectivity index (χ1n) is 3.51. The van der Waals surface area contributed by atoms with E-state index in [4.69, 9.17) is 17.3 Å². The third-order valence-corrected chi connectivity index (χ3v) is 2.00. The highest BCUT2D eigenvalue weighted by Crippen LogP contribution is 2.20. The number of carbonyl (C=O) groups excluding carboxylic acids is 1. The molecule has 0 bridgehead atoms. The third kappa shape index (κ3) is 3.61. The lowest BCUT2D eigenvalue weighted by Gasteiger charge is -1.96. The van der Waals surface area contributed by atoms with E-state index in [1.165, 1.54) is 6.08 Å². The Kier molecular flexibility index (Phi) is 3.51. The molecular formula is C9H7BrClNO. The van der Waals surface area contributed by atoms with Crippen molar-refractivity contribution in [3.05, 3.63) is 39.3 Å². The molecule has 1 amide bonds. The molecule has 0 fully saturated rings. The van der Waals surface area contributed by atoms with E-state index in [-0.39, 0.29) is 0 Å². The van der Waals surface area contributed by atoms with Gasteiger partial charge in [-0.15, -0.1) is 0 Å². The van der Waals surface area contributed by atoms with Crippen LogP contribution in [0.15, 0.2) is 28.7 Å². The molecule has 1 aromatic carbocycles. The van der Waals surface area contributed by atoms with E-state index in [9.17, 15) is 4.79 Å². The molecular weight excluding hydrogens is 253 g/mol. The average Bonchev–Trinajstić information content (AvgIpc) is 1.99. The predicted octanol–water partition coefficient (Wildman–Crippen LogP) is 2.60. The van der Waals surface area contributed by atoms with Gasteiger partial charge in [0.1, 0.15) is 0 Å². The highest BCUT2D eigenvalue weighted by molar-refractivity contribution is 9.10. The van der Waals surface area contributed by atoms with E-state index in [0.29, 0.717) is 5.02 Å². The van der Waals surface area contributed by atoms with Crippen LogP contribution in [0.5, 0.6) is 0 Å². The summed E-state index contributed by atoms with van der Waals surface area (Å²) in [6, 6.07) is 5.35. The normalized spacial score (nSPS) is 10.6. The SMILES string of the molecule is NC(=O)C=Cc1cc(Cl)cc(Br)c1. The molecule has 13 heavy (non-hydrogen) atoms. The van der Waals surface area contributed by atoms with Gasteiger partial charge in [-0.2, -0.15) is 0 Å². The highest BCUT2D eigenvalue weighted by Gasteiger charge is 1.94. The molecule has 4 heteroatoms. The minimum absolute atomic E-state index is 0.476. The van der Waals surface area contributed by atoms with Crippen LogP contribution in [0.2, 0.25) is 5.02 Å². The molecule has 0 unspecified atom stereocenters. The van der Waals surface area contributed by atoms with Crippen LogP contribution in [-0.4, -0.2) is 5.91 Å². The lowest BCUT2D eigenvalue weighted by Crippen LogP contribution is -2.05. The smallest absolute Gasteiger partial charge is 0.241 e. The summed E-state index contributed by atoms with van der Waals surface area (Å²) in [5.41, 5.74) is 5.78. The number of primary amides is 1. The topological polar surface area (TPSA) is 43.1 Å². The van der Waals surface area contributed by atoms with Crippen LogP contribution in [0.3, 0.4) is 0 Å². The van der Waals surface area contributed by atoms with Crippen LogP contribution in [0.25, 0.3) is 6.08 Å². The zero-order chi connectivity index (χ0) is 9.84. The number of rotatable bonds is 2. The molecule has 0 aliphatic heterocycles. The number of amides is 1. The summed E-state index contributed by atoms with van der Waals surface area (Å²) in [7, 11) is 0. The van der Waals surface area contributed by atoms with Gasteiger partial charge in [-0.1, -0.05) is 27.5 Å². The molecule has 68 valence electrons. The van der Waals surface area contributed by atoms with Crippen molar-refractivity contribution in [2.45, 2.75) is 0 Å². The Morgan fingerprint density at radius 1 is 1.46 bits per heavy atom. The molecule has 0 saturated heterocycles. The zero-order valence-electron chi connectivity index (χ0n) is 6.63. The highest BCUT2D eigenvalue weighted by atomic mass is 79.9. The van der Waals surface area contributed by atoms with E-state index in [0.717, 1.165) is 10.0 Å². The summed E-state index contributed by atoms with van der Waals surface area (Å²) in [6.45, 7) is 0. The van der Waals surface area contributed by atoms with Gasteiger partial charge in [-0.25, -0.2) is 0 Å². The minimum Gasteiger partial charge on any atom is -0.366 e. The van der Waals surface area contributed by atoms with Gasteiger partial charge in [0.15, 0.2) is 0 Å². The molecule has 0 aromatic heterocycles. The van der Waals surface area contributed by atoms with Gasteiger partial charge in [0.05, 0.1) is 0 Å². The Hall–Kier alpha value is -0.800. The maximum atomic E-state index is 10.4. The van der Waals surface area contributed by atoms with Crippen molar-refractivity contribution in [3.63, 3.8) is 0 Å². The maximum Gasteiger partial charge on any atom is 0.241 e. The van der Waals surface area contributed by atoms with Crippen molar-refractivity contribution < 1.29 is 4.79 Å². The fraction of sp³-hybridized carbons (Fsp3) is 0. The molecule has 0 aliphatic rings. The molecule has 0 aliphatic carbocycles. The lowest BCUT2D eigenvalue weighted by molar-refractivity contribution is -0.113. The first-order chi connectivity index (χ1) is 6.08. The second-order valence-corrected chi connectivity index (χ2v) is 3.79. The largest absolute Gasteiger partial charge is 0.366 e. The summed E-state index contributed by atoms with van der Waals surface area (Å²) in [6.07, 6.45) is 2.90. The number of hydrogen-bond acceptors (Lipinski definition) is 1. The standard InChI is InChI=1S/C9H7BrClNO/c10-7-3-6(1-2-9(12)13)4-8(11)5-7/h1-5H,(H2,12,13). The Bertz CT molecular complexity index is 342. The number of carbonyl (C=O) groups is 1. The average molecular weight is 261 g/mol. The first kappa shape index (κ1) is 10.3. The minimum atomic E-state index is -0.476. The van der Waals surface area contributed by atoms with Crippen LogP contribution in [-0.2, 0) is 4.79 Å². The second kappa shape index (κ2) is 4.44. The van der Waals surface area contributed by atoms with Crippen molar-refractivity contribution in [2.24, 2.45) is 5.73 Å². The molecule has 0 atom stereocenters. The molecule has 0 saturated carbocycles. The summed E-state index contributed by atoms with van der Waals surface area (Å²) >= 11 is 9.07. The fourth-order valence-corrected chi connectivity index (χ4v) is 1.74. The second-order valence-electron chi connectivity index (χ2n) is 2.44. The third-order valence-electron chi connectivity index (χ3n) is 1.32. The number of halogens is 2. The first-order valence-corrected chi connectivity index (χ1v) is 4.68. The summed E-state index contributed by atoms with van der Waals surface area (Å²) in [5, 5.41) is 0.610. The maximum absolute atomic E-state index is 10.4. The molecule has 0 heterocycles. The van der Waals surface area contributed by atoms with Crippen LogP contribution >= 0.6 is 27.5 Å². The summed E-state index contributed by atoms with van der Waals surface area (Å²) in [5.74, 6) is -0.476. The lowest BCUT2D eigenvalue weighted by atomic mass is 10.2. The monoisotopic (exact) mass is 259 g/mol. The summed E-state index contributed by atoms with van der Waals surface area (Å²) in [4.78, 5) is 10.4. The van der Waals surface area contributed by atoms with Crippen LogP contribution < -0.4 is 5.73 Å². The van der Waals surface area contributed by atoms with Gasteiger partial charge in [0.25, 0.3) is 0 Å². The summed E-state index contributed by atoms with van der Waals surface area (Å²) < 4.78 is 0.865. The number of nitrogens with two attached hydrogens (primary N) is 1. The van der Waals surface area contributed by atoms with Gasteiger partial charge < -0.3 is 5.73 Å². The predicted molar refractivity (Wildman–Crippen MR) is 57.4 cm³/mol. The number of benzene rings is 1. The van der Waals surface area contributed by atoms with E-state index in [2.05, 4.69) is 15.9 Å². The van der Waals surface area contributed by atoms with Crippen molar-refractivity contribution in [3.8, 4) is 0 Å². The van der Waals surface area contributed by atoms with Crippen molar-refractivity contribution >= 4 is 39.5 Å². The van der Waals surface area contributed by atoms with E-state index < -0.39 is 5.91 Å². The van der Waals surface area contributed by atoms with E-state index in [1.807, 2.05) is 6.07 Å². The molecule has 0 radical (unpaired) electrons. The molecule has 1 aromatic rings. The fourth-order valence-electron chi connectivity index (χ4n) is 0.850. The molecule has 0 spiro atoms. The van der Waals surface area contributed by atoms with Gasteiger partial charge in [-0.05, 0) is 29.8 Å². The van der Waals surface area contributed by atoms with Gasteiger partial charge in [0.2, 0.25) is 5.91 Å². The van der Waals surface area contributed by atoms with E-state index in [1.54, 1.807) is 18.2 Å². The van der Waals surface area contributed by atoms with Crippen molar-refractivity contribution in [1.82, 2.24) is 0 Å². The molecule has 2 nitrogen and oxygen atoms in total. The van der Waals surface area contributed by atoms with Crippen LogP contribution in [0, 0.1) is 0 Å². The van der Waals surface area contributed by atoms with Crippen LogP contribution in [0.4, 0.5) is 0 Å². The van der Waals surface area contributed by atoms with Gasteiger partial charge in [-0.3, -0.25) is 4.79 Å². The Morgan fingerprint density at radius 3 is 2.69 bits per heavy atom. The Labute approximate surface area is 89.5 Å². The molecule has 1 rings (SSSR count). The Morgan fingerprint density at radius 2 is 2.15 bits per heavy atom. The molecule has 2 N–H and O–H groups in total.